The Bertz CT molecular complexity index is 1060. The Morgan fingerprint density at radius 2 is 1.41 bits per heavy atom. The molecule has 0 spiro atoms. The van der Waals surface area contributed by atoms with Gasteiger partial charge in [-0.05, 0) is 105 Å². The van der Waals surface area contributed by atoms with E-state index < -0.39 is 14.9 Å². The maximum absolute atomic E-state index is 12.8. The minimum atomic E-state index is -3.58. The third-order valence-electron chi connectivity index (χ3n) is 7.53. The van der Waals surface area contributed by atoms with E-state index in [-0.39, 0.29) is 10.6 Å². The lowest BCUT2D eigenvalue weighted by Crippen LogP contribution is -2.47. The van der Waals surface area contributed by atoms with E-state index in [1.165, 1.54) is 74.9 Å². The van der Waals surface area contributed by atoms with E-state index in [1.807, 2.05) is 0 Å². The molecule has 0 unspecified atom stereocenters. The van der Waals surface area contributed by atoms with Crippen LogP contribution in [0.25, 0.3) is 0 Å². The van der Waals surface area contributed by atoms with Crippen LogP contribution in [0, 0.1) is 33.3 Å². The SMILES string of the molecule is O=[N+]([O-])c1ccc(Oc2ccc(S(=O)(=O)NCCC34CC5CC(CC(C5)C3)C4)cc2)cc1. The fraction of sp³-hybridized carbons (Fsp3) is 0.500. The lowest BCUT2D eigenvalue weighted by atomic mass is 9.49. The van der Waals surface area contributed by atoms with Crippen molar-refractivity contribution in [2.75, 3.05) is 6.54 Å². The standard InChI is InChI=1S/C24H28N2O5S/c27-26(28)20-1-3-21(4-2-20)31-22-5-7-23(8-6-22)32(29,30)25-10-9-24-14-17-11-18(15-24)13-19(12-17)16-24/h1-8,17-19,25H,9-16H2. The number of hydrogen-bond acceptors (Lipinski definition) is 5. The summed E-state index contributed by atoms with van der Waals surface area (Å²) in [6.45, 7) is 0.482. The van der Waals surface area contributed by atoms with Gasteiger partial charge in [0, 0.05) is 18.7 Å². The van der Waals surface area contributed by atoms with E-state index >= 15 is 0 Å². The smallest absolute Gasteiger partial charge is 0.269 e. The minimum absolute atomic E-state index is 0.0154. The average Bonchev–Trinajstić information content (AvgIpc) is 2.73. The maximum Gasteiger partial charge on any atom is 0.269 e. The zero-order chi connectivity index (χ0) is 22.3. The lowest BCUT2D eigenvalue weighted by molar-refractivity contribution is -0.384. The number of nitro benzene ring substituents is 1. The van der Waals surface area contributed by atoms with Gasteiger partial charge in [-0.1, -0.05) is 0 Å². The van der Waals surface area contributed by atoms with Crippen molar-refractivity contribution in [3.05, 3.63) is 58.6 Å². The molecule has 32 heavy (non-hydrogen) atoms. The number of rotatable bonds is 8. The van der Waals surface area contributed by atoms with Crippen LogP contribution < -0.4 is 9.46 Å². The predicted molar refractivity (Wildman–Crippen MR) is 120 cm³/mol. The summed E-state index contributed by atoms with van der Waals surface area (Å²) in [5.41, 5.74) is 0.332. The summed E-state index contributed by atoms with van der Waals surface area (Å²) in [5, 5.41) is 10.7. The van der Waals surface area contributed by atoms with E-state index in [2.05, 4.69) is 4.72 Å². The Morgan fingerprint density at radius 3 is 1.91 bits per heavy atom. The van der Waals surface area contributed by atoms with Crippen molar-refractivity contribution in [1.82, 2.24) is 4.72 Å². The van der Waals surface area contributed by atoms with Crippen LogP contribution in [0.2, 0.25) is 0 Å². The number of nitrogens with zero attached hydrogens (tertiary/aromatic N) is 1. The second kappa shape index (κ2) is 8.15. The Hall–Kier alpha value is -2.45. The Morgan fingerprint density at radius 1 is 0.906 bits per heavy atom. The number of non-ortho nitro benzene ring substituents is 1. The first kappa shape index (κ1) is 21.4. The van der Waals surface area contributed by atoms with Crippen molar-refractivity contribution in [3.63, 3.8) is 0 Å². The molecule has 0 heterocycles. The van der Waals surface area contributed by atoms with Crippen molar-refractivity contribution in [1.29, 1.82) is 0 Å². The Kier molecular flexibility index (Phi) is 5.45. The summed E-state index contributed by atoms with van der Waals surface area (Å²) in [6, 6.07) is 12.0. The first-order valence-corrected chi connectivity index (χ1v) is 12.8. The highest BCUT2D eigenvalue weighted by molar-refractivity contribution is 7.89. The van der Waals surface area contributed by atoms with Crippen molar-refractivity contribution < 1.29 is 18.1 Å². The summed E-state index contributed by atoms with van der Waals surface area (Å²) in [7, 11) is -3.58. The first-order chi connectivity index (χ1) is 15.3. The van der Waals surface area contributed by atoms with Crippen molar-refractivity contribution in [2.24, 2.45) is 23.2 Å². The molecule has 170 valence electrons. The Labute approximate surface area is 188 Å². The number of hydrogen-bond donors (Lipinski definition) is 1. The van der Waals surface area contributed by atoms with E-state index in [9.17, 15) is 18.5 Å². The van der Waals surface area contributed by atoms with Gasteiger partial charge in [-0.2, -0.15) is 0 Å². The van der Waals surface area contributed by atoms with Crippen LogP contribution in [-0.4, -0.2) is 19.9 Å². The second-order valence-corrected chi connectivity index (χ2v) is 11.7. The molecule has 4 fully saturated rings. The summed E-state index contributed by atoms with van der Waals surface area (Å²) in [4.78, 5) is 10.5. The predicted octanol–water partition coefficient (Wildman–Crippen LogP) is 5.27. The van der Waals surface area contributed by atoms with Gasteiger partial charge in [-0.25, -0.2) is 13.1 Å². The van der Waals surface area contributed by atoms with E-state index in [4.69, 9.17) is 4.74 Å². The molecule has 1 N–H and O–H groups in total. The molecular formula is C24H28N2O5S. The van der Waals surface area contributed by atoms with Crippen LogP contribution in [0.5, 0.6) is 11.5 Å². The minimum Gasteiger partial charge on any atom is -0.457 e. The number of nitro groups is 1. The molecule has 0 aliphatic heterocycles. The topological polar surface area (TPSA) is 98.5 Å². The molecular weight excluding hydrogens is 428 g/mol. The zero-order valence-electron chi connectivity index (χ0n) is 17.9. The van der Waals surface area contributed by atoms with Crippen LogP contribution >= 0.6 is 0 Å². The molecule has 7 nitrogen and oxygen atoms in total. The zero-order valence-corrected chi connectivity index (χ0v) is 18.7. The van der Waals surface area contributed by atoms with Gasteiger partial charge in [0.2, 0.25) is 10.0 Å². The van der Waals surface area contributed by atoms with Crippen LogP contribution in [0.3, 0.4) is 0 Å². The third-order valence-corrected chi connectivity index (χ3v) is 9.01. The highest BCUT2D eigenvalue weighted by Crippen LogP contribution is 2.61. The first-order valence-electron chi connectivity index (χ1n) is 11.3. The molecule has 6 rings (SSSR count). The van der Waals surface area contributed by atoms with Gasteiger partial charge >= 0.3 is 0 Å². The monoisotopic (exact) mass is 456 g/mol. The molecule has 2 aromatic carbocycles. The average molecular weight is 457 g/mol. The van der Waals surface area contributed by atoms with Gasteiger partial charge in [0.15, 0.2) is 0 Å². The molecule has 0 saturated heterocycles. The number of sulfonamides is 1. The molecule has 4 bridgehead atoms. The van der Waals surface area contributed by atoms with E-state index in [0.717, 1.165) is 24.2 Å². The highest BCUT2D eigenvalue weighted by atomic mass is 32.2. The molecule has 0 atom stereocenters. The maximum atomic E-state index is 12.8. The fourth-order valence-corrected chi connectivity index (χ4v) is 7.62. The highest BCUT2D eigenvalue weighted by Gasteiger charge is 2.50. The quantitative estimate of drug-likeness (QED) is 0.431. The fourth-order valence-electron chi connectivity index (χ4n) is 6.59. The number of ether oxygens (including phenoxy) is 1. The molecule has 0 aromatic heterocycles. The largest absolute Gasteiger partial charge is 0.457 e. The van der Waals surface area contributed by atoms with Crippen molar-refractivity contribution >= 4 is 15.7 Å². The molecule has 2 aromatic rings. The van der Waals surface area contributed by atoms with Crippen molar-refractivity contribution in [2.45, 2.75) is 49.8 Å². The van der Waals surface area contributed by atoms with Crippen LogP contribution in [0.1, 0.15) is 44.9 Å². The summed E-state index contributed by atoms with van der Waals surface area (Å²) in [5.74, 6) is 3.50. The summed E-state index contributed by atoms with van der Waals surface area (Å²) < 4.78 is 34.0. The van der Waals surface area contributed by atoms with E-state index in [0.29, 0.717) is 23.5 Å². The third kappa shape index (κ3) is 4.38. The number of benzene rings is 2. The molecule has 8 heteroatoms. The summed E-state index contributed by atoms with van der Waals surface area (Å²) >= 11 is 0. The normalized spacial score (nSPS) is 28.6. The number of nitrogens with one attached hydrogen (secondary N) is 1. The van der Waals surface area contributed by atoms with Crippen molar-refractivity contribution in [3.8, 4) is 11.5 Å². The molecule has 0 amide bonds. The van der Waals surface area contributed by atoms with Gasteiger partial charge in [0.05, 0.1) is 9.82 Å². The Balaban J connectivity index is 1.18. The van der Waals surface area contributed by atoms with Gasteiger partial charge < -0.3 is 4.74 Å². The van der Waals surface area contributed by atoms with Gasteiger partial charge in [-0.3, -0.25) is 10.1 Å². The summed E-state index contributed by atoms with van der Waals surface area (Å²) in [6.07, 6.45) is 8.91. The lowest BCUT2D eigenvalue weighted by Gasteiger charge is -2.57. The van der Waals surface area contributed by atoms with Crippen LogP contribution in [0.15, 0.2) is 53.4 Å². The van der Waals surface area contributed by atoms with E-state index in [1.54, 1.807) is 12.1 Å². The molecule has 0 radical (unpaired) electrons. The van der Waals surface area contributed by atoms with Crippen LogP contribution in [-0.2, 0) is 10.0 Å². The van der Waals surface area contributed by atoms with Gasteiger partial charge in [0.25, 0.3) is 5.69 Å². The molecule has 4 saturated carbocycles. The molecule has 4 aliphatic carbocycles. The van der Waals surface area contributed by atoms with Gasteiger partial charge in [0.1, 0.15) is 11.5 Å². The van der Waals surface area contributed by atoms with Crippen LogP contribution in [0.4, 0.5) is 5.69 Å². The molecule has 4 aliphatic rings. The second-order valence-electron chi connectivity index (χ2n) is 9.89. The van der Waals surface area contributed by atoms with Gasteiger partial charge in [-0.15, -0.1) is 0 Å².